The molecule has 0 aromatic heterocycles. The molecule has 2 N–H and O–H groups in total. The van der Waals surface area contributed by atoms with Crippen molar-refractivity contribution in [1.82, 2.24) is 0 Å². The molecule has 0 amide bonds. The third-order valence-corrected chi connectivity index (χ3v) is 3.02. The van der Waals surface area contributed by atoms with Gasteiger partial charge in [-0.2, -0.15) is 0 Å². The van der Waals surface area contributed by atoms with Gasteiger partial charge in [0.15, 0.2) is 0 Å². The second-order valence-corrected chi connectivity index (χ2v) is 4.52. The van der Waals surface area contributed by atoms with Gasteiger partial charge in [-0.15, -0.1) is 0 Å². The summed E-state index contributed by atoms with van der Waals surface area (Å²) >= 11 is 0. The summed E-state index contributed by atoms with van der Waals surface area (Å²) in [6, 6.07) is 0. The van der Waals surface area contributed by atoms with Crippen molar-refractivity contribution in [1.29, 1.82) is 0 Å². The zero-order chi connectivity index (χ0) is 9.31. The van der Waals surface area contributed by atoms with E-state index < -0.39 is 0 Å². The van der Waals surface area contributed by atoms with Crippen LogP contribution in [0.5, 0.6) is 0 Å². The number of esters is 1. The van der Waals surface area contributed by atoms with Gasteiger partial charge in [-0.1, -0.05) is 0 Å². The van der Waals surface area contributed by atoms with Crippen molar-refractivity contribution in [3.63, 3.8) is 0 Å². The number of ether oxygens (including phenoxy) is 1. The van der Waals surface area contributed by atoms with E-state index in [-0.39, 0.29) is 11.5 Å². The first-order valence-electron chi connectivity index (χ1n) is 5.12. The first kappa shape index (κ1) is 9.00. The summed E-state index contributed by atoms with van der Waals surface area (Å²) in [7, 11) is 0. The highest BCUT2D eigenvalue weighted by atomic mass is 16.5. The number of carbonyl (C=O) groups is 1. The van der Waals surface area contributed by atoms with E-state index in [1.165, 1.54) is 12.8 Å². The highest BCUT2D eigenvalue weighted by Crippen LogP contribution is 2.33. The van der Waals surface area contributed by atoms with E-state index in [0.29, 0.717) is 18.9 Å². The van der Waals surface area contributed by atoms with E-state index in [2.05, 4.69) is 0 Å². The highest BCUT2D eigenvalue weighted by molar-refractivity contribution is 5.71. The van der Waals surface area contributed by atoms with Gasteiger partial charge in [0, 0.05) is 5.54 Å². The minimum atomic E-state index is -0.222. The van der Waals surface area contributed by atoms with Gasteiger partial charge in [-0.25, -0.2) is 0 Å². The van der Waals surface area contributed by atoms with Crippen LogP contribution in [0.25, 0.3) is 0 Å². The molecule has 74 valence electrons. The van der Waals surface area contributed by atoms with Crippen molar-refractivity contribution in [2.45, 2.75) is 44.1 Å². The average Bonchev–Trinajstić information content (AvgIpc) is 2.81. The van der Waals surface area contributed by atoms with Crippen molar-refractivity contribution in [2.24, 2.45) is 11.7 Å². The Balaban J connectivity index is 1.64. The summed E-state index contributed by atoms with van der Waals surface area (Å²) in [4.78, 5) is 11.3. The molecule has 0 aliphatic heterocycles. The topological polar surface area (TPSA) is 52.3 Å². The average molecular weight is 183 g/mol. The Kier molecular flexibility index (Phi) is 2.28. The maximum absolute atomic E-state index is 11.3. The minimum Gasteiger partial charge on any atom is -0.465 e. The number of nitrogens with two attached hydrogens (primary N) is 1. The lowest BCUT2D eigenvalue weighted by molar-refractivity contribution is -0.146. The molecule has 0 unspecified atom stereocenters. The molecule has 0 aromatic carbocycles. The van der Waals surface area contributed by atoms with Crippen LogP contribution in [0, 0.1) is 5.92 Å². The fourth-order valence-electron chi connectivity index (χ4n) is 1.64. The molecule has 0 bridgehead atoms. The summed E-state index contributed by atoms with van der Waals surface area (Å²) in [5.74, 6) is 0.549. The molecule has 0 atom stereocenters. The zero-order valence-electron chi connectivity index (χ0n) is 7.92. The van der Waals surface area contributed by atoms with Crippen molar-refractivity contribution in [3.8, 4) is 0 Å². The van der Waals surface area contributed by atoms with Gasteiger partial charge in [-0.3, -0.25) is 4.79 Å². The third-order valence-electron chi connectivity index (χ3n) is 3.02. The zero-order valence-corrected chi connectivity index (χ0v) is 7.92. The van der Waals surface area contributed by atoms with Crippen LogP contribution in [-0.4, -0.2) is 18.1 Å². The Bertz CT molecular complexity index is 207. The minimum absolute atomic E-state index is 0.103. The van der Waals surface area contributed by atoms with Crippen LogP contribution in [-0.2, 0) is 9.53 Å². The van der Waals surface area contributed by atoms with Crippen molar-refractivity contribution >= 4 is 5.97 Å². The quantitative estimate of drug-likeness (QED) is 0.666. The molecule has 3 heteroatoms. The largest absolute Gasteiger partial charge is 0.465 e. The fraction of sp³-hybridized carbons (Fsp3) is 0.900. The van der Waals surface area contributed by atoms with Gasteiger partial charge in [0.1, 0.15) is 0 Å². The second kappa shape index (κ2) is 3.29. The van der Waals surface area contributed by atoms with Crippen molar-refractivity contribution in [3.05, 3.63) is 0 Å². The fourth-order valence-corrected chi connectivity index (χ4v) is 1.64. The lowest BCUT2D eigenvalue weighted by Gasteiger charge is -2.37. The molecule has 0 heterocycles. The van der Waals surface area contributed by atoms with Crippen LogP contribution in [0.3, 0.4) is 0 Å². The van der Waals surface area contributed by atoms with E-state index in [9.17, 15) is 4.79 Å². The molecule has 2 aliphatic rings. The van der Waals surface area contributed by atoms with Gasteiger partial charge in [0.2, 0.25) is 0 Å². The van der Waals surface area contributed by atoms with E-state index in [1.807, 2.05) is 0 Å². The molecule has 0 aromatic rings. The highest BCUT2D eigenvalue weighted by Gasteiger charge is 2.35. The molecule has 13 heavy (non-hydrogen) atoms. The smallest absolute Gasteiger partial charge is 0.307 e. The van der Waals surface area contributed by atoms with Gasteiger partial charge >= 0.3 is 5.97 Å². The van der Waals surface area contributed by atoms with Crippen LogP contribution in [0.4, 0.5) is 0 Å². The maximum Gasteiger partial charge on any atom is 0.307 e. The Hall–Kier alpha value is -0.570. The summed E-state index contributed by atoms with van der Waals surface area (Å²) in [6.45, 7) is 0.620. The molecule has 2 saturated carbocycles. The van der Waals surface area contributed by atoms with Crippen LogP contribution >= 0.6 is 0 Å². The summed E-state index contributed by atoms with van der Waals surface area (Å²) in [6.07, 6.45) is 5.98. The molecule has 2 aliphatic carbocycles. The SMILES string of the molecule is NC1(CC(=O)OCC2CC2)CCC1. The Morgan fingerprint density at radius 3 is 2.62 bits per heavy atom. The van der Waals surface area contributed by atoms with E-state index in [0.717, 1.165) is 19.3 Å². The monoisotopic (exact) mass is 183 g/mol. The maximum atomic E-state index is 11.3. The molecule has 0 saturated heterocycles. The normalized spacial score (nSPS) is 25.0. The van der Waals surface area contributed by atoms with Gasteiger partial charge in [0.25, 0.3) is 0 Å². The van der Waals surface area contributed by atoms with Crippen LogP contribution in [0.1, 0.15) is 38.5 Å². The first-order valence-corrected chi connectivity index (χ1v) is 5.12. The van der Waals surface area contributed by atoms with E-state index in [4.69, 9.17) is 10.5 Å². The Labute approximate surface area is 78.6 Å². The third kappa shape index (κ3) is 2.44. The lowest BCUT2D eigenvalue weighted by Crippen LogP contribution is -2.48. The number of carbonyl (C=O) groups excluding carboxylic acids is 1. The molecule has 2 fully saturated rings. The molecule has 0 radical (unpaired) electrons. The van der Waals surface area contributed by atoms with Gasteiger partial charge < -0.3 is 10.5 Å². The van der Waals surface area contributed by atoms with Gasteiger partial charge in [0.05, 0.1) is 13.0 Å². The van der Waals surface area contributed by atoms with Crippen molar-refractivity contribution in [2.75, 3.05) is 6.61 Å². The van der Waals surface area contributed by atoms with Gasteiger partial charge in [-0.05, 0) is 38.0 Å². The Morgan fingerprint density at radius 1 is 1.46 bits per heavy atom. The lowest BCUT2D eigenvalue weighted by atomic mass is 9.75. The molecule has 2 rings (SSSR count). The number of rotatable bonds is 4. The van der Waals surface area contributed by atoms with Crippen molar-refractivity contribution < 1.29 is 9.53 Å². The van der Waals surface area contributed by atoms with Crippen LogP contribution < -0.4 is 5.73 Å². The van der Waals surface area contributed by atoms with Crippen LogP contribution in [0.2, 0.25) is 0 Å². The summed E-state index contributed by atoms with van der Waals surface area (Å²) < 4.78 is 5.12. The molecular weight excluding hydrogens is 166 g/mol. The Morgan fingerprint density at radius 2 is 2.15 bits per heavy atom. The molecule has 3 nitrogen and oxygen atoms in total. The summed E-state index contributed by atoms with van der Waals surface area (Å²) in [5, 5.41) is 0. The van der Waals surface area contributed by atoms with E-state index in [1.54, 1.807) is 0 Å². The first-order chi connectivity index (χ1) is 6.18. The predicted molar refractivity (Wildman–Crippen MR) is 49.1 cm³/mol. The number of hydrogen-bond acceptors (Lipinski definition) is 3. The number of hydrogen-bond donors (Lipinski definition) is 1. The van der Waals surface area contributed by atoms with Crippen LogP contribution in [0.15, 0.2) is 0 Å². The predicted octanol–water partition coefficient (Wildman–Crippen LogP) is 1.21. The summed E-state index contributed by atoms with van der Waals surface area (Å²) in [5.41, 5.74) is 5.70. The molecule has 0 spiro atoms. The molecular formula is C10H17NO2. The van der Waals surface area contributed by atoms with E-state index >= 15 is 0 Å². The standard InChI is InChI=1S/C10H17NO2/c11-10(4-1-5-10)6-9(12)13-7-8-2-3-8/h8H,1-7,11H2. The second-order valence-electron chi connectivity index (χ2n) is 4.52.